The summed E-state index contributed by atoms with van der Waals surface area (Å²) in [4.78, 5) is 24.2. The summed E-state index contributed by atoms with van der Waals surface area (Å²) in [6, 6.07) is 7.67. The monoisotopic (exact) mass is 593 g/mol. The highest BCUT2D eigenvalue weighted by molar-refractivity contribution is 7.89. The Bertz CT molecular complexity index is 1480. The van der Waals surface area contributed by atoms with E-state index in [2.05, 4.69) is 22.1 Å². The molecule has 4 heterocycles. The van der Waals surface area contributed by atoms with Gasteiger partial charge in [0.15, 0.2) is 5.65 Å². The van der Waals surface area contributed by atoms with E-state index in [-0.39, 0.29) is 6.04 Å². The number of Topliss-reactive ketones (excluding diaryl/α,β-unsaturated/α-hetero) is 1. The molecule has 2 aliphatic heterocycles. The predicted molar refractivity (Wildman–Crippen MR) is 164 cm³/mol. The number of hydrogen-bond acceptors (Lipinski definition) is 8. The minimum atomic E-state index is -3.57. The molecule has 3 aliphatic rings. The summed E-state index contributed by atoms with van der Waals surface area (Å²) < 4.78 is 30.7. The van der Waals surface area contributed by atoms with Gasteiger partial charge in [-0.05, 0) is 70.2 Å². The number of rotatable bonds is 9. The van der Waals surface area contributed by atoms with Gasteiger partial charge in [-0.2, -0.15) is 14.4 Å². The first-order valence-electron chi connectivity index (χ1n) is 15.8. The third kappa shape index (κ3) is 6.09. The van der Waals surface area contributed by atoms with E-state index in [0.717, 1.165) is 80.4 Å². The van der Waals surface area contributed by atoms with Gasteiger partial charge in [-0.3, -0.25) is 4.79 Å². The van der Waals surface area contributed by atoms with E-state index < -0.39 is 10.0 Å². The third-order valence-corrected chi connectivity index (χ3v) is 11.1. The summed E-state index contributed by atoms with van der Waals surface area (Å²) in [7, 11) is -3.57. The van der Waals surface area contributed by atoms with E-state index >= 15 is 0 Å². The highest BCUT2D eigenvalue weighted by Crippen LogP contribution is 2.34. The number of carbonyl (C=O) groups excluding carboxylic acids is 1. The number of sulfonamides is 1. The molecule has 1 N–H and O–H groups in total. The molecule has 0 amide bonds. The lowest BCUT2D eigenvalue weighted by Crippen LogP contribution is -2.48. The van der Waals surface area contributed by atoms with Crippen molar-refractivity contribution in [1.82, 2.24) is 29.0 Å². The van der Waals surface area contributed by atoms with Gasteiger partial charge in [0.2, 0.25) is 16.0 Å². The van der Waals surface area contributed by atoms with Crippen LogP contribution < -0.4 is 5.32 Å². The van der Waals surface area contributed by atoms with Gasteiger partial charge in [-0.25, -0.2) is 18.1 Å². The average Bonchev–Trinajstić information content (AvgIpc) is 3.41. The number of nitrogens with one attached hydrogen (secondary N) is 1. The van der Waals surface area contributed by atoms with Gasteiger partial charge in [0.1, 0.15) is 11.5 Å². The molecule has 2 aromatic heterocycles. The van der Waals surface area contributed by atoms with Crippen LogP contribution in [0.2, 0.25) is 0 Å². The van der Waals surface area contributed by atoms with Crippen LogP contribution in [0.3, 0.4) is 0 Å². The molecule has 10 nitrogen and oxygen atoms in total. The van der Waals surface area contributed by atoms with Gasteiger partial charge < -0.3 is 10.2 Å². The molecule has 0 radical (unpaired) electrons. The Morgan fingerprint density at radius 1 is 0.929 bits per heavy atom. The molecule has 2 saturated heterocycles. The van der Waals surface area contributed by atoms with Crippen molar-refractivity contribution in [2.45, 2.75) is 94.5 Å². The lowest BCUT2D eigenvalue weighted by molar-refractivity contribution is -0.120. The molecule has 11 heteroatoms. The van der Waals surface area contributed by atoms with E-state index in [0.29, 0.717) is 48.6 Å². The smallest absolute Gasteiger partial charge is 0.243 e. The fourth-order valence-corrected chi connectivity index (χ4v) is 8.16. The number of unbranched alkanes of at least 4 members (excludes halogenated alkanes) is 1. The van der Waals surface area contributed by atoms with Gasteiger partial charge in [-0.15, -0.1) is 0 Å². The van der Waals surface area contributed by atoms with Gasteiger partial charge in [-0.1, -0.05) is 31.9 Å². The zero-order valence-corrected chi connectivity index (χ0v) is 25.5. The number of piperidine rings is 2. The molecule has 1 aromatic carbocycles. The molecule has 6 rings (SSSR count). The first-order chi connectivity index (χ1) is 20.4. The minimum absolute atomic E-state index is 0.0878. The van der Waals surface area contributed by atoms with Crippen LogP contribution in [-0.4, -0.2) is 81.9 Å². The largest absolute Gasteiger partial charge is 0.354 e. The summed E-state index contributed by atoms with van der Waals surface area (Å²) in [5, 5.41) is 9.12. The van der Waals surface area contributed by atoms with Crippen molar-refractivity contribution < 1.29 is 13.2 Å². The normalized spacial score (nSPS) is 20.4. The van der Waals surface area contributed by atoms with Crippen LogP contribution in [-0.2, 0) is 14.8 Å². The maximum Gasteiger partial charge on any atom is 0.243 e. The fraction of sp³-hybridized carbons (Fsp3) is 0.613. The van der Waals surface area contributed by atoms with Crippen LogP contribution in [0.1, 0.15) is 83.6 Å². The second-order valence-corrected chi connectivity index (χ2v) is 14.0. The van der Waals surface area contributed by atoms with E-state index in [9.17, 15) is 13.2 Å². The van der Waals surface area contributed by atoms with Crippen LogP contribution in [0.25, 0.3) is 22.3 Å². The van der Waals surface area contributed by atoms with E-state index in [1.54, 1.807) is 22.6 Å². The van der Waals surface area contributed by atoms with Crippen LogP contribution in [0.15, 0.2) is 35.4 Å². The number of fused-ring (bicyclic) bond motifs is 1. The highest BCUT2D eigenvalue weighted by Gasteiger charge is 2.32. The van der Waals surface area contributed by atoms with Crippen molar-refractivity contribution in [3.8, 4) is 11.3 Å². The van der Waals surface area contributed by atoms with Crippen LogP contribution >= 0.6 is 0 Å². The molecule has 42 heavy (non-hydrogen) atoms. The Hall–Kier alpha value is -2.89. The van der Waals surface area contributed by atoms with Gasteiger partial charge in [0, 0.05) is 50.3 Å². The fourth-order valence-electron chi connectivity index (χ4n) is 6.69. The Kier molecular flexibility index (Phi) is 8.88. The molecule has 0 atom stereocenters. The van der Waals surface area contributed by atoms with Crippen LogP contribution in [0.5, 0.6) is 0 Å². The molecular formula is C31H43N7O3S. The number of hydrogen-bond donors (Lipinski definition) is 1. The number of ketones is 1. The minimum Gasteiger partial charge on any atom is -0.354 e. The van der Waals surface area contributed by atoms with Crippen LogP contribution in [0, 0.1) is 0 Å². The molecule has 1 aliphatic carbocycles. The molecule has 226 valence electrons. The molecule has 0 spiro atoms. The summed E-state index contributed by atoms with van der Waals surface area (Å²) >= 11 is 0. The molecule has 0 bridgehead atoms. The number of anilines is 1. The lowest BCUT2D eigenvalue weighted by Gasteiger charge is -2.39. The topological polar surface area (TPSA) is 113 Å². The summed E-state index contributed by atoms with van der Waals surface area (Å²) in [6.45, 7) is 6.36. The van der Waals surface area contributed by atoms with Gasteiger partial charge in [0.25, 0.3) is 0 Å². The Morgan fingerprint density at radius 2 is 1.64 bits per heavy atom. The summed E-state index contributed by atoms with van der Waals surface area (Å²) in [6.07, 6.45) is 12.1. The number of aromatic nitrogens is 4. The predicted octanol–water partition coefficient (Wildman–Crippen LogP) is 5.03. The van der Waals surface area contributed by atoms with E-state index in [4.69, 9.17) is 10.1 Å². The third-order valence-electron chi connectivity index (χ3n) is 9.22. The number of nitrogens with zero attached hydrogens (tertiary/aromatic N) is 6. The maximum atomic E-state index is 13.6. The zero-order chi connectivity index (χ0) is 29.1. The second-order valence-electron chi connectivity index (χ2n) is 12.0. The van der Waals surface area contributed by atoms with E-state index in [1.807, 2.05) is 16.8 Å². The van der Waals surface area contributed by atoms with E-state index in [1.165, 1.54) is 19.3 Å². The maximum absolute atomic E-state index is 13.6. The Balaban J connectivity index is 1.23. The van der Waals surface area contributed by atoms with Crippen molar-refractivity contribution in [3.63, 3.8) is 0 Å². The van der Waals surface area contributed by atoms with Crippen molar-refractivity contribution in [2.24, 2.45) is 0 Å². The first kappa shape index (κ1) is 29.2. The second kappa shape index (κ2) is 12.8. The first-order valence-corrected chi connectivity index (χ1v) is 17.2. The molecule has 3 fully saturated rings. The van der Waals surface area contributed by atoms with Gasteiger partial charge >= 0.3 is 0 Å². The molecule has 3 aromatic rings. The number of carbonyl (C=O) groups is 1. The van der Waals surface area contributed by atoms with Crippen molar-refractivity contribution in [1.29, 1.82) is 0 Å². The molecule has 1 saturated carbocycles. The van der Waals surface area contributed by atoms with Crippen molar-refractivity contribution >= 4 is 32.8 Å². The van der Waals surface area contributed by atoms with Gasteiger partial charge in [0.05, 0.1) is 16.3 Å². The SMILES string of the molecule is CCCCNc1ncc2c(-c3ccc(S(=O)(=O)N4CCC(N5CCCCC5)CC4)cc3)nn(C3CCC(=O)CC3)c2n1. The zero-order valence-electron chi connectivity index (χ0n) is 24.7. The number of likely N-dealkylation sites (tertiary alicyclic amines) is 1. The average molecular weight is 594 g/mol. The van der Waals surface area contributed by atoms with Crippen LogP contribution in [0.4, 0.5) is 5.95 Å². The van der Waals surface area contributed by atoms with Crippen molar-refractivity contribution in [3.05, 3.63) is 30.5 Å². The Morgan fingerprint density at radius 3 is 2.33 bits per heavy atom. The number of benzene rings is 1. The molecular weight excluding hydrogens is 550 g/mol. The quantitative estimate of drug-likeness (QED) is 0.344. The highest BCUT2D eigenvalue weighted by atomic mass is 32.2. The lowest BCUT2D eigenvalue weighted by atomic mass is 9.94. The Labute approximate surface area is 248 Å². The summed E-state index contributed by atoms with van der Waals surface area (Å²) in [5.74, 6) is 0.869. The standard InChI is InChI=1S/C31H43N7O3S/c1-2-3-17-32-31-33-22-28-29(35-38(30(28)34-31)25-9-11-26(39)12-10-25)23-7-13-27(14-8-23)42(40,41)37-20-15-24(16-21-37)36-18-5-4-6-19-36/h7-8,13-14,22,24-25H,2-6,9-12,15-21H2,1H3,(H,32,33,34). The summed E-state index contributed by atoms with van der Waals surface area (Å²) in [5.41, 5.74) is 2.30. The van der Waals surface area contributed by atoms with Crippen molar-refractivity contribution in [2.75, 3.05) is 38.0 Å². The molecule has 0 unspecified atom stereocenters.